The standard InChI is InChI=1S/C16H13ClFNO2/c17-12-7-6-11(9-13(12)18)16(21)19-8-2-4-10-3-1-5-14(20)15(10)19/h1,3,5-7,9,20H,2,4,8H2. The normalized spacial score (nSPS) is 13.9. The highest BCUT2D eigenvalue weighted by atomic mass is 35.5. The van der Waals surface area contributed by atoms with E-state index in [4.69, 9.17) is 11.6 Å². The van der Waals surface area contributed by atoms with Gasteiger partial charge in [0.15, 0.2) is 0 Å². The molecule has 1 aliphatic rings. The molecule has 0 radical (unpaired) electrons. The molecule has 1 amide bonds. The minimum Gasteiger partial charge on any atom is -0.506 e. The quantitative estimate of drug-likeness (QED) is 0.871. The van der Waals surface area contributed by atoms with Crippen molar-refractivity contribution in [2.75, 3.05) is 11.4 Å². The van der Waals surface area contributed by atoms with Gasteiger partial charge in [0.05, 0.1) is 10.7 Å². The van der Waals surface area contributed by atoms with Crippen LogP contribution in [0.1, 0.15) is 22.3 Å². The van der Waals surface area contributed by atoms with Crippen molar-refractivity contribution in [2.24, 2.45) is 0 Å². The Hall–Kier alpha value is -2.07. The molecule has 2 aromatic carbocycles. The van der Waals surface area contributed by atoms with E-state index in [-0.39, 0.29) is 22.2 Å². The number of nitrogens with zero attached hydrogens (tertiary/aromatic N) is 1. The van der Waals surface area contributed by atoms with Crippen molar-refractivity contribution in [2.45, 2.75) is 12.8 Å². The number of aromatic hydroxyl groups is 1. The molecule has 0 unspecified atom stereocenters. The molecule has 0 bridgehead atoms. The average molecular weight is 306 g/mol. The summed E-state index contributed by atoms with van der Waals surface area (Å²) < 4.78 is 13.5. The number of anilines is 1. The zero-order chi connectivity index (χ0) is 15.0. The summed E-state index contributed by atoms with van der Waals surface area (Å²) in [5.41, 5.74) is 1.65. The zero-order valence-electron chi connectivity index (χ0n) is 11.1. The molecule has 0 fully saturated rings. The molecule has 0 spiro atoms. The summed E-state index contributed by atoms with van der Waals surface area (Å²) >= 11 is 5.64. The summed E-state index contributed by atoms with van der Waals surface area (Å²) in [6.07, 6.45) is 1.61. The minimum absolute atomic E-state index is 0.0200. The van der Waals surface area contributed by atoms with Crippen molar-refractivity contribution in [1.29, 1.82) is 0 Å². The molecular formula is C16H13ClFNO2. The minimum atomic E-state index is -0.628. The van der Waals surface area contributed by atoms with E-state index in [2.05, 4.69) is 0 Å². The number of phenols is 1. The van der Waals surface area contributed by atoms with Crippen LogP contribution < -0.4 is 4.90 Å². The second-order valence-electron chi connectivity index (χ2n) is 4.97. The van der Waals surface area contributed by atoms with Crippen molar-refractivity contribution in [3.8, 4) is 5.75 Å². The molecule has 0 aliphatic carbocycles. The largest absolute Gasteiger partial charge is 0.506 e. The Morgan fingerprint density at radius 2 is 2.10 bits per heavy atom. The van der Waals surface area contributed by atoms with Crippen LogP contribution in [0.15, 0.2) is 36.4 Å². The summed E-state index contributed by atoms with van der Waals surface area (Å²) in [7, 11) is 0. The van der Waals surface area contributed by atoms with Gasteiger partial charge in [-0.05, 0) is 42.7 Å². The van der Waals surface area contributed by atoms with Gasteiger partial charge >= 0.3 is 0 Å². The van der Waals surface area contributed by atoms with E-state index in [0.29, 0.717) is 12.2 Å². The first-order chi connectivity index (χ1) is 10.1. The number of aryl methyl sites for hydroxylation is 1. The fourth-order valence-electron chi connectivity index (χ4n) is 2.62. The van der Waals surface area contributed by atoms with E-state index >= 15 is 0 Å². The lowest BCUT2D eigenvalue weighted by atomic mass is 10.00. The molecule has 0 aromatic heterocycles. The van der Waals surface area contributed by atoms with Crippen LogP contribution in [0, 0.1) is 5.82 Å². The van der Waals surface area contributed by atoms with Crippen LogP contribution >= 0.6 is 11.6 Å². The third-order valence-corrected chi connectivity index (χ3v) is 3.91. The number of phenolic OH excluding ortho intramolecular Hbond substituents is 1. The monoisotopic (exact) mass is 305 g/mol. The second-order valence-corrected chi connectivity index (χ2v) is 5.38. The van der Waals surface area contributed by atoms with Crippen molar-refractivity contribution in [3.05, 3.63) is 58.4 Å². The number of amides is 1. The molecule has 21 heavy (non-hydrogen) atoms. The van der Waals surface area contributed by atoms with Gasteiger partial charge in [0, 0.05) is 12.1 Å². The van der Waals surface area contributed by atoms with E-state index in [1.54, 1.807) is 12.1 Å². The number of rotatable bonds is 1. The molecule has 1 aliphatic heterocycles. The summed E-state index contributed by atoms with van der Waals surface area (Å²) in [6.45, 7) is 0.494. The Kier molecular flexibility index (Phi) is 3.55. The van der Waals surface area contributed by atoms with E-state index in [1.807, 2.05) is 6.07 Å². The molecule has 0 saturated heterocycles. The number of hydrogen-bond acceptors (Lipinski definition) is 2. The molecule has 0 saturated carbocycles. The molecule has 1 N–H and O–H groups in total. The van der Waals surface area contributed by atoms with Gasteiger partial charge in [-0.2, -0.15) is 0 Å². The highest BCUT2D eigenvalue weighted by Gasteiger charge is 2.26. The first kappa shape index (κ1) is 13.9. The maximum absolute atomic E-state index is 13.5. The number of benzene rings is 2. The Morgan fingerprint density at radius 3 is 2.86 bits per heavy atom. The highest BCUT2D eigenvalue weighted by Crippen LogP contribution is 2.36. The van der Waals surface area contributed by atoms with Gasteiger partial charge in [0.1, 0.15) is 11.6 Å². The van der Waals surface area contributed by atoms with Gasteiger partial charge in [-0.25, -0.2) is 4.39 Å². The Labute approximate surface area is 126 Å². The molecule has 5 heteroatoms. The number of halogens is 2. The third kappa shape index (κ3) is 2.47. The molecule has 108 valence electrons. The van der Waals surface area contributed by atoms with Crippen molar-refractivity contribution < 1.29 is 14.3 Å². The first-order valence-electron chi connectivity index (χ1n) is 6.65. The number of para-hydroxylation sites is 1. The number of carbonyl (C=O) groups excluding carboxylic acids is 1. The highest BCUT2D eigenvalue weighted by molar-refractivity contribution is 6.30. The van der Waals surface area contributed by atoms with Crippen molar-refractivity contribution in [1.82, 2.24) is 0 Å². The lowest BCUT2D eigenvalue weighted by Gasteiger charge is -2.30. The van der Waals surface area contributed by atoms with Gasteiger partial charge in [-0.3, -0.25) is 4.79 Å². The summed E-state index contributed by atoms with van der Waals surface area (Å²) in [5.74, 6) is -0.903. The van der Waals surface area contributed by atoms with Crippen LogP contribution in [0.3, 0.4) is 0 Å². The van der Waals surface area contributed by atoms with Gasteiger partial charge in [0.25, 0.3) is 5.91 Å². The number of hydrogen-bond donors (Lipinski definition) is 1. The fraction of sp³-hybridized carbons (Fsp3) is 0.188. The van der Waals surface area contributed by atoms with Crippen LogP contribution in [0.4, 0.5) is 10.1 Å². The van der Waals surface area contributed by atoms with Crippen LogP contribution in [-0.4, -0.2) is 17.6 Å². The predicted octanol–water partition coefficient (Wildman–Crippen LogP) is 3.78. The van der Waals surface area contributed by atoms with Crippen LogP contribution in [0.25, 0.3) is 0 Å². The Bertz CT molecular complexity index is 717. The third-order valence-electron chi connectivity index (χ3n) is 3.61. The number of fused-ring (bicyclic) bond motifs is 1. The van der Waals surface area contributed by atoms with Gasteiger partial charge < -0.3 is 10.0 Å². The molecule has 1 heterocycles. The molecular weight excluding hydrogens is 293 g/mol. The first-order valence-corrected chi connectivity index (χ1v) is 7.03. The lowest BCUT2D eigenvalue weighted by molar-refractivity contribution is 0.0984. The fourth-order valence-corrected chi connectivity index (χ4v) is 2.74. The van der Waals surface area contributed by atoms with Crippen molar-refractivity contribution >= 4 is 23.2 Å². The number of carbonyl (C=O) groups is 1. The average Bonchev–Trinajstić information content (AvgIpc) is 2.49. The second kappa shape index (κ2) is 5.37. The smallest absolute Gasteiger partial charge is 0.258 e. The predicted molar refractivity (Wildman–Crippen MR) is 79.5 cm³/mol. The lowest BCUT2D eigenvalue weighted by Crippen LogP contribution is -2.35. The van der Waals surface area contributed by atoms with Crippen LogP contribution in [-0.2, 0) is 6.42 Å². The van der Waals surface area contributed by atoms with E-state index < -0.39 is 5.82 Å². The topological polar surface area (TPSA) is 40.5 Å². The summed E-state index contributed by atoms with van der Waals surface area (Å²) in [4.78, 5) is 14.1. The van der Waals surface area contributed by atoms with E-state index in [1.165, 1.54) is 17.0 Å². The Balaban J connectivity index is 2.02. The summed E-state index contributed by atoms with van der Waals surface area (Å²) in [6, 6.07) is 9.16. The maximum atomic E-state index is 13.5. The van der Waals surface area contributed by atoms with E-state index in [0.717, 1.165) is 24.5 Å². The summed E-state index contributed by atoms with van der Waals surface area (Å²) in [5, 5.41) is 10.0. The van der Waals surface area contributed by atoms with Crippen LogP contribution in [0.5, 0.6) is 5.75 Å². The van der Waals surface area contributed by atoms with Crippen molar-refractivity contribution in [3.63, 3.8) is 0 Å². The van der Waals surface area contributed by atoms with Gasteiger partial charge in [0.2, 0.25) is 0 Å². The Morgan fingerprint density at radius 1 is 1.29 bits per heavy atom. The molecule has 2 aromatic rings. The molecule has 3 nitrogen and oxygen atoms in total. The van der Waals surface area contributed by atoms with Crippen LogP contribution in [0.2, 0.25) is 5.02 Å². The zero-order valence-corrected chi connectivity index (χ0v) is 11.9. The molecule has 0 atom stereocenters. The van der Waals surface area contributed by atoms with E-state index in [9.17, 15) is 14.3 Å². The van der Waals surface area contributed by atoms with Gasteiger partial charge in [-0.15, -0.1) is 0 Å². The maximum Gasteiger partial charge on any atom is 0.258 e. The SMILES string of the molecule is O=C(c1ccc(Cl)c(F)c1)N1CCCc2cccc(O)c21. The molecule has 3 rings (SSSR count). The van der Waals surface area contributed by atoms with Gasteiger partial charge in [-0.1, -0.05) is 23.7 Å².